The Morgan fingerprint density at radius 2 is 2.05 bits per heavy atom. The number of urea groups is 1. The van der Waals surface area contributed by atoms with E-state index in [2.05, 4.69) is 21.2 Å². The molecule has 0 radical (unpaired) electrons. The first-order valence-electron chi connectivity index (χ1n) is 6.13. The van der Waals surface area contributed by atoms with Crippen molar-refractivity contribution >= 4 is 45.2 Å². The van der Waals surface area contributed by atoms with Gasteiger partial charge in [-0.15, -0.1) is 11.3 Å². The first-order chi connectivity index (χ1) is 9.61. The Bertz CT molecular complexity index is 556. The molecule has 0 saturated carbocycles. The average molecular weight is 377 g/mol. The summed E-state index contributed by atoms with van der Waals surface area (Å²) in [7, 11) is 1.57. The number of halogens is 1. The monoisotopic (exact) mass is 376 g/mol. The zero-order chi connectivity index (χ0) is 16.2. The van der Waals surface area contributed by atoms with E-state index < -0.39 is 23.3 Å². The topological polar surface area (TPSA) is 86.7 Å². The van der Waals surface area contributed by atoms with Gasteiger partial charge in [-0.3, -0.25) is 14.9 Å². The summed E-state index contributed by atoms with van der Waals surface area (Å²) < 4.78 is 0.964. The number of carboxylic acids is 1. The van der Waals surface area contributed by atoms with Crippen molar-refractivity contribution in [3.8, 4) is 0 Å². The van der Waals surface area contributed by atoms with Crippen LogP contribution in [0.25, 0.3) is 0 Å². The van der Waals surface area contributed by atoms with Crippen molar-refractivity contribution in [2.75, 3.05) is 7.05 Å². The van der Waals surface area contributed by atoms with Gasteiger partial charge in [0.1, 0.15) is 0 Å². The van der Waals surface area contributed by atoms with Crippen LogP contribution in [0, 0.1) is 5.41 Å². The highest BCUT2D eigenvalue weighted by atomic mass is 79.9. The molecule has 0 aliphatic rings. The van der Waals surface area contributed by atoms with Crippen LogP contribution in [-0.4, -0.2) is 35.0 Å². The van der Waals surface area contributed by atoms with Crippen LogP contribution in [0.5, 0.6) is 0 Å². The molecule has 0 fully saturated rings. The van der Waals surface area contributed by atoms with Crippen LogP contribution < -0.4 is 5.32 Å². The van der Waals surface area contributed by atoms with Gasteiger partial charge in [0.15, 0.2) is 0 Å². The van der Waals surface area contributed by atoms with Crippen molar-refractivity contribution in [1.29, 1.82) is 0 Å². The van der Waals surface area contributed by atoms with Crippen LogP contribution in [-0.2, 0) is 16.1 Å². The first-order valence-corrected chi connectivity index (χ1v) is 7.80. The predicted octanol–water partition coefficient (Wildman–Crippen LogP) is 2.68. The van der Waals surface area contributed by atoms with Crippen molar-refractivity contribution in [3.63, 3.8) is 0 Å². The van der Waals surface area contributed by atoms with Crippen LogP contribution in [0.2, 0.25) is 0 Å². The van der Waals surface area contributed by atoms with Gasteiger partial charge in [0.2, 0.25) is 5.91 Å². The summed E-state index contributed by atoms with van der Waals surface area (Å²) in [6.07, 6.45) is -0.258. The molecule has 0 spiro atoms. The maximum atomic E-state index is 11.9. The lowest BCUT2D eigenvalue weighted by atomic mass is 9.89. The number of carboxylic acid groups (broad SMARTS) is 1. The quantitative estimate of drug-likeness (QED) is 0.826. The number of aliphatic carboxylic acids is 1. The number of thiophene rings is 1. The molecule has 1 rings (SSSR count). The fourth-order valence-corrected chi connectivity index (χ4v) is 2.71. The van der Waals surface area contributed by atoms with Gasteiger partial charge in [0, 0.05) is 20.0 Å². The second kappa shape index (κ2) is 7.04. The second-order valence-electron chi connectivity index (χ2n) is 5.33. The van der Waals surface area contributed by atoms with Gasteiger partial charge in [-0.25, -0.2) is 4.79 Å². The molecule has 8 heteroatoms. The summed E-state index contributed by atoms with van der Waals surface area (Å²) in [4.78, 5) is 35.9. The third-order valence-electron chi connectivity index (χ3n) is 2.82. The number of nitrogens with zero attached hydrogens (tertiary/aromatic N) is 1. The minimum Gasteiger partial charge on any atom is -0.481 e. The number of imide groups is 1. The van der Waals surface area contributed by atoms with Crippen molar-refractivity contribution in [2.45, 2.75) is 26.8 Å². The van der Waals surface area contributed by atoms with E-state index in [0.717, 1.165) is 9.35 Å². The zero-order valence-electron chi connectivity index (χ0n) is 12.0. The van der Waals surface area contributed by atoms with Crippen LogP contribution in [0.1, 0.15) is 25.8 Å². The Kier molecular flexibility index (Phi) is 5.91. The van der Waals surface area contributed by atoms with E-state index in [9.17, 15) is 14.4 Å². The SMILES string of the molecule is CN(Cc1csc(Br)c1)C(=O)NC(=O)CC(C)(C)C(=O)O. The van der Waals surface area contributed by atoms with Crippen LogP contribution in [0.4, 0.5) is 4.79 Å². The lowest BCUT2D eigenvalue weighted by Crippen LogP contribution is -2.42. The molecular weight excluding hydrogens is 360 g/mol. The van der Waals surface area contributed by atoms with E-state index in [0.29, 0.717) is 6.54 Å². The van der Waals surface area contributed by atoms with Gasteiger partial charge in [-0.05, 0) is 46.8 Å². The Morgan fingerprint density at radius 3 is 2.52 bits per heavy atom. The minimum absolute atomic E-state index is 0.258. The summed E-state index contributed by atoms with van der Waals surface area (Å²) in [5.74, 6) is -1.69. The number of nitrogens with one attached hydrogen (secondary N) is 1. The van der Waals surface area contributed by atoms with E-state index in [1.54, 1.807) is 7.05 Å². The number of rotatable bonds is 5. The number of carbonyl (C=O) groups excluding carboxylic acids is 2. The minimum atomic E-state index is -1.21. The maximum Gasteiger partial charge on any atom is 0.324 e. The Morgan fingerprint density at radius 1 is 1.43 bits per heavy atom. The van der Waals surface area contributed by atoms with E-state index >= 15 is 0 Å². The Balaban J connectivity index is 2.52. The average Bonchev–Trinajstić information content (AvgIpc) is 2.73. The molecule has 3 amide bonds. The molecule has 1 aromatic rings. The second-order valence-corrected chi connectivity index (χ2v) is 7.62. The molecular formula is C13H17BrN2O4S. The van der Waals surface area contributed by atoms with Crippen LogP contribution in [0.3, 0.4) is 0 Å². The molecule has 1 heterocycles. The van der Waals surface area contributed by atoms with E-state index in [1.165, 1.54) is 30.1 Å². The zero-order valence-corrected chi connectivity index (χ0v) is 14.4. The number of hydrogen-bond donors (Lipinski definition) is 2. The predicted molar refractivity (Wildman–Crippen MR) is 83.1 cm³/mol. The largest absolute Gasteiger partial charge is 0.481 e. The fourth-order valence-electron chi connectivity index (χ4n) is 1.51. The Hall–Kier alpha value is -1.41. The first kappa shape index (κ1) is 17.6. The lowest BCUT2D eigenvalue weighted by molar-refractivity contribution is -0.149. The van der Waals surface area contributed by atoms with Gasteiger partial charge in [-0.2, -0.15) is 0 Å². The highest BCUT2D eigenvalue weighted by Gasteiger charge is 2.31. The summed E-state index contributed by atoms with van der Waals surface area (Å²) in [6.45, 7) is 3.24. The van der Waals surface area contributed by atoms with E-state index in [4.69, 9.17) is 5.11 Å². The molecule has 0 aliphatic carbocycles. The molecule has 0 atom stereocenters. The van der Waals surface area contributed by atoms with E-state index in [-0.39, 0.29) is 6.42 Å². The third kappa shape index (κ3) is 5.47. The normalized spacial score (nSPS) is 11.0. The van der Waals surface area contributed by atoms with Crippen LogP contribution in [0.15, 0.2) is 15.2 Å². The highest BCUT2D eigenvalue weighted by molar-refractivity contribution is 9.11. The molecule has 0 bridgehead atoms. The summed E-state index contributed by atoms with van der Waals surface area (Å²) in [5, 5.41) is 13.1. The molecule has 116 valence electrons. The molecule has 0 unspecified atom stereocenters. The smallest absolute Gasteiger partial charge is 0.324 e. The number of amides is 3. The van der Waals surface area contributed by atoms with Gasteiger partial charge in [-0.1, -0.05) is 0 Å². The van der Waals surface area contributed by atoms with Crippen molar-refractivity contribution in [3.05, 3.63) is 20.8 Å². The fraction of sp³-hybridized carbons (Fsp3) is 0.462. The van der Waals surface area contributed by atoms with Crippen molar-refractivity contribution in [1.82, 2.24) is 10.2 Å². The molecule has 21 heavy (non-hydrogen) atoms. The van der Waals surface area contributed by atoms with Crippen molar-refractivity contribution in [2.24, 2.45) is 5.41 Å². The highest BCUT2D eigenvalue weighted by Crippen LogP contribution is 2.22. The molecule has 0 saturated heterocycles. The summed E-state index contributed by atoms with van der Waals surface area (Å²) in [5.41, 5.74) is -0.260. The molecule has 0 aliphatic heterocycles. The maximum absolute atomic E-state index is 11.9. The van der Waals surface area contributed by atoms with Gasteiger partial charge < -0.3 is 10.0 Å². The standard InChI is InChI=1S/C13H17BrN2O4S/c1-13(2,11(18)19)5-10(17)15-12(20)16(3)6-8-4-9(14)21-7-8/h4,7H,5-6H2,1-3H3,(H,18,19)(H,15,17,20). The summed E-state index contributed by atoms with van der Waals surface area (Å²) >= 11 is 4.84. The van der Waals surface area contributed by atoms with Gasteiger partial charge >= 0.3 is 12.0 Å². The molecule has 1 aromatic heterocycles. The van der Waals surface area contributed by atoms with Gasteiger partial charge in [0.25, 0.3) is 0 Å². The summed E-state index contributed by atoms with van der Waals surface area (Å²) in [6, 6.07) is 1.34. The van der Waals surface area contributed by atoms with Crippen LogP contribution >= 0.6 is 27.3 Å². The Labute approximate surface area is 135 Å². The number of hydrogen-bond acceptors (Lipinski definition) is 4. The van der Waals surface area contributed by atoms with E-state index in [1.807, 2.05) is 11.4 Å². The van der Waals surface area contributed by atoms with Crippen molar-refractivity contribution < 1.29 is 19.5 Å². The molecule has 0 aromatic carbocycles. The third-order valence-corrected chi connectivity index (χ3v) is 4.37. The number of carbonyl (C=O) groups is 3. The lowest BCUT2D eigenvalue weighted by Gasteiger charge is -2.20. The van der Waals surface area contributed by atoms with Gasteiger partial charge in [0.05, 0.1) is 9.20 Å². The molecule has 2 N–H and O–H groups in total. The molecule has 6 nitrogen and oxygen atoms in total.